The second-order valence-corrected chi connectivity index (χ2v) is 5.24. The van der Waals surface area contributed by atoms with E-state index in [1.54, 1.807) is 18.2 Å². The molecule has 1 heterocycles. The van der Waals surface area contributed by atoms with Crippen molar-refractivity contribution in [3.8, 4) is 11.8 Å². The fraction of sp³-hybridized carbons (Fsp3) is 0.111. The smallest absolute Gasteiger partial charge is 0.416 e. The molecule has 0 bridgehead atoms. The number of nitrogens with one attached hydrogen (secondary N) is 1. The first-order valence-corrected chi connectivity index (χ1v) is 7.23. The van der Waals surface area contributed by atoms with Gasteiger partial charge in [-0.2, -0.15) is 18.4 Å². The van der Waals surface area contributed by atoms with Crippen molar-refractivity contribution in [3.05, 3.63) is 59.8 Å². The van der Waals surface area contributed by atoms with Crippen LogP contribution in [0.5, 0.6) is 5.75 Å². The number of aromatic nitrogens is 1. The van der Waals surface area contributed by atoms with Crippen LogP contribution in [0.15, 0.2) is 48.7 Å². The van der Waals surface area contributed by atoms with Gasteiger partial charge in [-0.3, -0.25) is 4.98 Å². The molecule has 0 radical (unpaired) electrons. The predicted octanol–water partition coefficient (Wildman–Crippen LogP) is 4.88. The van der Waals surface area contributed by atoms with Crippen LogP contribution in [0.3, 0.4) is 0 Å². The largest absolute Gasteiger partial charge is 0.497 e. The molecule has 0 aliphatic heterocycles. The summed E-state index contributed by atoms with van der Waals surface area (Å²) in [7, 11) is 1.53. The van der Waals surface area contributed by atoms with Crippen molar-refractivity contribution in [1.82, 2.24) is 4.98 Å². The second-order valence-electron chi connectivity index (χ2n) is 5.24. The minimum absolute atomic E-state index is 0.289. The van der Waals surface area contributed by atoms with Crippen molar-refractivity contribution >= 4 is 22.3 Å². The summed E-state index contributed by atoms with van der Waals surface area (Å²) in [5.41, 5.74) is 1.08. The average Bonchev–Trinajstić information content (AvgIpc) is 2.61. The van der Waals surface area contributed by atoms with Crippen molar-refractivity contribution < 1.29 is 17.9 Å². The topological polar surface area (TPSA) is 57.9 Å². The molecule has 1 N–H and O–H groups in total. The molecule has 0 aliphatic carbocycles. The molecular weight excluding hydrogens is 331 g/mol. The Morgan fingerprint density at radius 2 is 1.84 bits per heavy atom. The summed E-state index contributed by atoms with van der Waals surface area (Å²) in [5.74, 6) is 0.616. The summed E-state index contributed by atoms with van der Waals surface area (Å²) in [5, 5.41) is 13.0. The van der Waals surface area contributed by atoms with Gasteiger partial charge in [-0.1, -0.05) is 0 Å². The van der Waals surface area contributed by atoms with E-state index in [0.717, 1.165) is 12.1 Å². The number of hydrogen-bond acceptors (Lipinski definition) is 4. The summed E-state index contributed by atoms with van der Waals surface area (Å²) in [6.45, 7) is 0. The fourth-order valence-corrected chi connectivity index (χ4v) is 2.41. The van der Waals surface area contributed by atoms with Crippen LogP contribution < -0.4 is 10.1 Å². The molecule has 4 nitrogen and oxygen atoms in total. The molecule has 0 unspecified atom stereocenters. The van der Waals surface area contributed by atoms with Crippen LogP contribution in [0.25, 0.3) is 10.9 Å². The van der Waals surface area contributed by atoms with E-state index in [1.807, 2.05) is 6.07 Å². The van der Waals surface area contributed by atoms with Gasteiger partial charge in [-0.25, -0.2) is 0 Å². The zero-order valence-electron chi connectivity index (χ0n) is 13.1. The lowest BCUT2D eigenvalue weighted by molar-refractivity contribution is -0.137. The summed E-state index contributed by atoms with van der Waals surface area (Å²) < 4.78 is 43.1. The normalized spacial score (nSPS) is 11.2. The SMILES string of the molecule is COc1ccc2c(Nc3ccc(C(F)(F)F)cc3)c(C#N)cnc2c1. The number of pyridine rings is 1. The van der Waals surface area contributed by atoms with Gasteiger partial charge in [0.15, 0.2) is 0 Å². The Labute approximate surface area is 141 Å². The summed E-state index contributed by atoms with van der Waals surface area (Å²) >= 11 is 0. The number of hydrogen-bond donors (Lipinski definition) is 1. The van der Waals surface area contributed by atoms with Gasteiger partial charge in [0.05, 0.1) is 29.4 Å². The van der Waals surface area contributed by atoms with Crippen molar-refractivity contribution in [2.45, 2.75) is 6.18 Å². The standard InChI is InChI=1S/C18H12F3N3O/c1-25-14-6-7-15-16(8-14)23-10-11(9-22)17(15)24-13-4-2-12(3-5-13)18(19,20)21/h2-8,10H,1H3,(H,23,24). The fourth-order valence-electron chi connectivity index (χ4n) is 2.41. The maximum absolute atomic E-state index is 12.7. The minimum Gasteiger partial charge on any atom is -0.497 e. The summed E-state index contributed by atoms with van der Waals surface area (Å²) in [4.78, 5) is 4.22. The molecule has 2 aromatic carbocycles. The number of nitriles is 1. The molecule has 0 saturated carbocycles. The van der Waals surface area contributed by atoms with E-state index in [0.29, 0.717) is 28.0 Å². The van der Waals surface area contributed by atoms with E-state index < -0.39 is 11.7 Å². The van der Waals surface area contributed by atoms with Gasteiger partial charge < -0.3 is 10.1 Å². The third-order valence-electron chi connectivity index (χ3n) is 3.68. The van der Waals surface area contributed by atoms with E-state index in [1.165, 1.54) is 25.4 Å². The van der Waals surface area contributed by atoms with Crippen molar-refractivity contribution in [3.63, 3.8) is 0 Å². The highest BCUT2D eigenvalue weighted by Crippen LogP contribution is 2.33. The van der Waals surface area contributed by atoms with E-state index in [4.69, 9.17) is 4.74 Å². The van der Waals surface area contributed by atoms with Gasteiger partial charge >= 0.3 is 6.18 Å². The van der Waals surface area contributed by atoms with Gasteiger partial charge in [0.25, 0.3) is 0 Å². The number of benzene rings is 2. The Bertz CT molecular complexity index is 960. The third-order valence-corrected chi connectivity index (χ3v) is 3.68. The molecule has 0 saturated heterocycles. The van der Waals surface area contributed by atoms with E-state index >= 15 is 0 Å². The van der Waals surface area contributed by atoms with Gasteiger partial charge in [0.2, 0.25) is 0 Å². The van der Waals surface area contributed by atoms with E-state index in [9.17, 15) is 18.4 Å². The average molecular weight is 343 g/mol. The van der Waals surface area contributed by atoms with Gasteiger partial charge in [-0.15, -0.1) is 0 Å². The van der Waals surface area contributed by atoms with Crippen LogP contribution in [-0.2, 0) is 6.18 Å². The van der Waals surface area contributed by atoms with Crippen LogP contribution in [0, 0.1) is 11.3 Å². The molecule has 0 aliphatic rings. The Kier molecular flexibility index (Phi) is 4.19. The van der Waals surface area contributed by atoms with Crippen LogP contribution in [0.4, 0.5) is 24.5 Å². The number of alkyl halides is 3. The quantitative estimate of drug-likeness (QED) is 0.736. The number of methoxy groups -OCH3 is 1. The highest BCUT2D eigenvalue weighted by atomic mass is 19.4. The molecule has 3 aromatic rings. The van der Waals surface area contributed by atoms with Crippen molar-refractivity contribution in [2.24, 2.45) is 0 Å². The Morgan fingerprint density at radius 1 is 1.12 bits per heavy atom. The first kappa shape index (κ1) is 16.6. The Balaban J connectivity index is 2.04. The Morgan fingerprint density at radius 3 is 2.44 bits per heavy atom. The van der Waals surface area contributed by atoms with Crippen LogP contribution in [0.2, 0.25) is 0 Å². The summed E-state index contributed by atoms with van der Waals surface area (Å²) in [6, 6.07) is 11.8. The van der Waals surface area contributed by atoms with Crippen LogP contribution in [-0.4, -0.2) is 12.1 Å². The molecule has 25 heavy (non-hydrogen) atoms. The number of halogens is 3. The first-order valence-electron chi connectivity index (χ1n) is 7.23. The first-order chi connectivity index (χ1) is 11.9. The molecule has 126 valence electrons. The zero-order valence-corrected chi connectivity index (χ0v) is 13.1. The number of nitrogens with zero attached hydrogens (tertiary/aromatic N) is 2. The summed E-state index contributed by atoms with van der Waals surface area (Å²) in [6.07, 6.45) is -2.98. The molecule has 0 fully saturated rings. The number of fused-ring (bicyclic) bond motifs is 1. The lowest BCUT2D eigenvalue weighted by atomic mass is 10.1. The molecule has 0 amide bonds. The maximum Gasteiger partial charge on any atom is 0.416 e. The highest BCUT2D eigenvalue weighted by molar-refractivity contribution is 5.96. The lowest BCUT2D eigenvalue weighted by Crippen LogP contribution is -2.04. The lowest BCUT2D eigenvalue weighted by Gasteiger charge is -2.13. The molecule has 3 rings (SSSR count). The molecule has 1 aromatic heterocycles. The minimum atomic E-state index is -4.39. The van der Waals surface area contributed by atoms with Gasteiger partial charge in [0, 0.05) is 23.3 Å². The number of ether oxygens (including phenoxy) is 1. The van der Waals surface area contributed by atoms with E-state index in [2.05, 4.69) is 10.3 Å². The van der Waals surface area contributed by atoms with E-state index in [-0.39, 0.29) is 5.56 Å². The molecular formula is C18H12F3N3O. The monoisotopic (exact) mass is 343 g/mol. The van der Waals surface area contributed by atoms with Crippen molar-refractivity contribution in [1.29, 1.82) is 5.26 Å². The van der Waals surface area contributed by atoms with Gasteiger partial charge in [0.1, 0.15) is 11.8 Å². The van der Waals surface area contributed by atoms with Crippen LogP contribution in [0.1, 0.15) is 11.1 Å². The van der Waals surface area contributed by atoms with Gasteiger partial charge in [-0.05, 0) is 36.4 Å². The van der Waals surface area contributed by atoms with Crippen LogP contribution >= 0.6 is 0 Å². The molecule has 0 spiro atoms. The second kappa shape index (κ2) is 6.32. The molecule has 0 atom stereocenters. The Hall–Kier alpha value is -3.27. The molecule has 7 heteroatoms. The maximum atomic E-state index is 12.7. The number of anilines is 2. The van der Waals surface area contributed by atoms with Crippen molar-refractivity contribution in [2.75, 3.05) is 12.4 Å². The zero-order chi connectivity index (χ0) is 18.0. The highest BCUT2D eigenvalue weighted by Gasteiger charge is 2.29. The third kappa shape index (κ3) is 3.33. The predicted molar refractivity (Wildman–Crippen MR) is 87.7 cm³/mol. The number of rotatable bonds is 3.